The molecule has 3 amide bonds. The molecule has 0 atom stereocenters. The summed E-state index contributed by atoms with van der Waals surface area (Å²) >= 11 is 6.09. The van der Waals surface area contributed by atoms with Crippen LogP contribution in [0.15, 0.2) is 48.5 Å². The van der Waals surface area contributed by atoms with Gasteiger partial charge in [0.15, 0.2) is 0 Å². The molecule has 0 saturated heterocycles. The summed E-state index contributed by atoms with van der Waals surface area (Å²) in [6.07, 6.45) is 0.723. The summed E-state index contributed by atoms with van der Waals surface area (Å²) in [5.41, 5.74) is 4.39. The van der Waals surface area contributed by atoms with E-state index in [9.17, 15) is 9.59 Å². The molecule has 8 heteroatoms. The number of hydrogen-bond acceptors (Lipinski definition) is 3. The van der Waals surface area contributed by atoms with Crippen molar-refractivity contribution in [1.82, 2.24) is 14.7 Å². The van der Waals surface area contributed by atoms with E-state index in [0.717, 1.165) is 34.6 Å². The van der Waals surface area contributed by atoms with Gasteiger partial charge in [-0.15, -0.1) is 0 Å². The average Bonchev–Trinajstić information content (AvgIpc) is 3.28. The fourth-order valence-electron chi connectivity index (χ4n) is 4.38. The Morgan fingerprint density at radius 3 is 2.08 bits per heavy atom. The first-order valence-corrected chi connectivity index (χ1v) is 14.0. The summed E-state index contributed by atoms with van der Waals surface area (Å²) in [5.74, 6) is 0.728. The number of halogens is 1. The largest absolute Gasteiger partial charge is 0.322 e. The van der Waals surface area contributed by atoms with Gasteiger partial charge in [0, 0.05) is 28.7 Å². The lowest BCUT2D eigenvalue weighted by atomic mass is 9.92. The minimum atomic E-state index is -0.296. The number of aromatic nitrogens is 2. The van der Waals surface area contributed by atoms with Crippen LogP contribution in [0.4, 0.5) is 16.3 Å². The van der Waals surface area contributed by atoms with Crippen LogP contribution in [-0.4, -0.2) is 39.7 Å². The molecule has 1 heterocycles. The van der Waals surface area contributed by atoms with Crippen molar-refractivity contribution in [3.8, 4) is 5.69 Å². The van der Waals surface area contributed by atoms with Crippen LogP contribution in [0, 0.1) is 0 Å². The van der Waals surface area contributed by atoms with Gasteiger partial charge in [0.2, 0.25) is 5.91 Å². The lowest BCUT2D eigenvalue weighted by Gasteiger charge is -2.25. The number of benzene rings is 2. The Kier molecular flexibility index (Phi) is 9.83. The van der Waals surface area contributed by atoms with Crippen molar-refractivity contribution in [3.05, 3.63) is 70.4 Å². The molecule has 2 aromatic carbocycles. The Morgan fingerprint density at radius 2 is 1.56 bits per heavy atom. The van der Waals surface area contributed by atoms with Crippen LogP contribution in [0.1, 0.15) is 90.5 Å². The Balaban J connectivity index is 1.85. The second-order valence-corrected chi connectivity index (χ2v) is 12.0. The predicted octanol–water partition coefficient (Wildman–Crippen LogP) is 7.95. The molecule has 0 aliphatic rings. The van der Waals surface area contributed by atoms with Gasteiger partial charge in [0.05, 0.1) is 11.4 Å². The molecule has 0 fully saturated rings. The van der Waals surface area contributed by atoms with E-state index in [1.807, 2.05) is 43.3 Å². The molecule has 210 valence electrons. The number of amides is 3. The molecule has 0 spiro atoms. The van der Waals surface area contributed by atoms with Gasteiger partial charge in [-0.2, -0.15) is 5.10 Å². The third-order valence-electron chi connectivity index (χ3n) is 6.54. The van der Waals surface area contributed by atoms with Crippen LogP contribution in [0.3, 0.4) is 0 Å². The van der Waals surface area contributed by atoms with Gasteiger partial charge >= 0.3 is 6.03 Å². The highest BCUT2D eigenvalue weighted by Gasteiger charge is 2.24. The molecule has 0 aliphatic heterocycles. The van der Waals surface area contributed by atoms with Crippen molar-refractivity contribution in [2.75, 3.05) is 23.7 Å². The third kappa shape index (κ3) is 7.63. The van der Waals surface area contributed by atoms with Gasteiger partial charge in [-0.3, -0.25) is 4.79 Å². The summed E-state index contributed by atoms with van der Waals surface area (Å²) in [6.45, 7) is 17.0. The van der Waals surface area contributed by atoms with Gasteiger partial charge in [-0.05, 0) is 53.6 Å². The topological polar surface area (TPSA) is 79.3 Å². The second kappa shape index (κ2) is 12.7. The predicted molar refractivity (Wildman–Crippen MR) is 161 cm³/mol. The number of nitrogens with zero attached hydrogens (tertiary/aromatic N) is 3. The van der Waals surface area contributed by atoms with Crippen LogP contribution in [0.25, 0.3) is 5.69 Å². The standard InChI is InChI=1S/C31H42ClN5O2/c1-9-17-36(30(39)34-29-24(20(2)3)11-10-12-25(29)21(4)5)19-28(38)33-27-18-26(31(6,7)8)35-37(27)23-15-13-22(32)14-16-23/h10-16,18,20-21H,9,17,19H2,1-8H3,(H,33,38)(H,34,39). The van der Waals surface area contributed by atoms with Gasteiger partial charge in [-0.1, -0.05) is 85.2 Å². The van der Waals surface area contributed by atoms with E-state index >= 15 is 0 Å². The number of rotatable bonds is 9. The number of carbonyl (C=O) groups is 2. The maximum Gasteiger partial charge on any atom is 0.322 e. The molecule has 0 aliphatic carbocycles. The van der Waals surface area contributed by atoms with Crippen LogP contribution in [-0.2, 0) is 10.2 Å². The Hall–Kier alpha value is -3.32. The zero-order chi connectivity index (χ0) is 28.9. The van der Waals surface area contributed by atoms with E-state index < -0.39 is 0 Å². The van der Waals surface area contributed by atoms with E-state index in [4.69, 9.17) is 16.7 Å². The summed E-state index contributed by atoms with van der Waals surface area (Å²) in [7, 11) is 0. The summed E-state index contributed by atoms with van der Waals surface area (Å²) < 4.78 is 1.70. The molecule has 0 saturated carbocycles. The zero-order valence-corrected chi connectivity index (χ0v) is 25.2. The molecule has 0 bridgehead atoms. The minimum absolute atomic E-state index is 0.0861. The number of anilines is 2. The molecule has 39 heavy (non-hydrogen) atoms. The maximum atomic E-state index is 13.5. The monoisotopic (exact) mass is 551 g/mol. The Bertz CT molecular complexity index is 1260. The van der Waals surface area contributed by atoms with Crippen molar-refractivity contribution < 1.29 is 9.59 Å². The molecular weight excluding hydrogens is 510 g/mol. The molecular formula is C31H42ClN5O2. The summed E-state index contributed by atoms with van der Waals surface area (Å²) in [6, 6.07) is 15.0. The van der Waals surface area contributed by atoms with Crippen molar-refractivity contribution in [3.63, 3.8) is 0 Å². The highest BCUT2D eigenvalue weighted by Crippen LogP contribution is 2.33. The van der Waals surface area contributed by atoms with Gasteiger partial charge < -0.3 is 15.5 Å². The number of urea groups is 1. The van der Waals surface area contributed by atoms with E-state index in [1.165, 1.54) is 0 Å². The fourth-order valence-corrected chi connectivity index (χ4v) is 4.50. The van der Waals surface area contributed by atoms with Crippen LogP contribution in [0.2, 0.25) is 5.02 Å². The van der Waals surface area contributed by atoms with E-state index in [1.54, 1.807) is 21.7 Å². The smallest absolute Gasteiger partial charge is 0.315 e. The lowest BCUT2D eigenvalue weighted by Crippen LogP contribution is -2.41. The second-order valence-electron chi connectivity index (χ2n) is 11.6. The Morgan fingerprint density at radius 1 is 0.974 bits per heavy atom. The van der Waals surface area contributed by atoms with E-state index in [-0.39, 0.29) is 35.7 Å². The molecule has 7 nitrogen and oxygen atoms in total. The molecule has 0 radical (unpaired) electrons. The number of hydrogen-bond donors (Lipinski definition) is 2. The minimum Gasteiger partial charge on any atom is -0.315 e. The highest BCUT2D eigenvalue weighted by molar-refractivity contribution is 6.30. The summed E-state index contributed by atoms with van der Waals surface area (Å²) in [5, 5.41) is 11.5. The first-order chi connectivity index (χ1) is 18.3. The average molecular weight is 552 g/mol. The van der Waals surface area contributed by atoms with Gasteiger partial charge in [0.1, 0.15) is 12.4 Å². The third-order valence-corrected chi connectivity index (χ3v) is 6.79. The number of para-hydroxylation sites is 1. The van der Waals surface area contributed by atoms with Crippen molar-refractivity contribution >= 4 is 35.0 Å². The molecule has 3 aromatic rings. The fraction of sp³-hybridized carbons (Fsp3) is 0.452. The van der Waals surface area contributed by atoms with Crippen molar-refractivity contribution in [2.24, 2.45) is 0 Å². The number of carbonyl (C=O) groups excluding carboxylic acids is 2. The molecule has 2 N–H and O–H groups in total. The van der Waals surface area contributed by atoms with E-state index in [2.05, 4.69) is 59.1 Å². The maximum absolute atomic E-state index is 13.5. The molecule has 3 rings (SSSR count). The van der Waals surface area contributed by atoms with Crippen molar-refractivity contribution in [1.29, 1.82) is 0 Å². The first-order valence-electron chi connectivity index (χ1n) is 13.7. The SMILES string of the molecule is CCCN(CC(=O)Nc1cc(C(C)(C)C)nn1-c1ccc(Cl)cc1)C(=O)Nc1c(C(C)C)cccc1C(C)C. The van der Waals surface area contributed by atoms with Crippen LogP contribution < -0.4 is 10.6 Å². The van der Waals surface area contributed by atoms with Gasteiger partial charge in [0.25, 0.3) is 0 Å². The normalized spacial score (nSPS) is 11.7. The first kappa shape index (κ1) is 30.2. The molecule has 1 aromatic heterocycles. The quantitative estimate of drug-likeness (QED) is 0.283. The van der Waals surface area contributed by atoms with Gasteiger partial charge in [-0.25, -0.2) is 9.48 Å². The Labute approximate surface area is 237 Å². The lowest BCUT2D eigenvalue weighted by molar-refractivity contribution is -0.116. The molecule has 0 unspecified atom stereocenters. The van der Waals surface area contributed by atoms with Crippen molar-refractivity contribution in [2.45, 2.75) is 79.1 Å². The zero-order valence-electron chi connectivity index (χ0n) is 24.4. The van der Waals surface area contributed by atoms with Crippen LogP contribution in [0.5, 0.6) is 0 Å². The van der Waals surface area contributed by atoms with E-state index in [0.29, 0.717) is 17.4 Å². The summed E-state index contributed by atoms with van der Waals surface area (Å²) in [4.78, 5) is 28.4. The number of nitrogens with one attached hydrogen (secondary N) is 2. The highest BCUT2D eigenvalue weighted by atomic mass is 35.5. The van der Waals surface area contributed by atoms with Crippen LogP contribution >= 0.6 is 11.6 Å².